The standard InChI is InChI=1S/C75H126O6/c1-4-7-10-13-16-19-22-25-28-30-32-33-34-35-36-37-38-39-40-41-43-44-47-50-53-56-59-62-65-68-74(77)80-71-72(70-79-73(76)67-64-61-58-55-52-49-46-27-24-21-18-15-12-9-6-3)81-75(78)69-66-63-60-57-54-51-48-45-42-31-29-26-23-20-17-14-11-8-5-2/h9,12,17-18,20-22,25-27,29-30,32,42,45-46,52,55,61,64,72H,4-8,10-11,13-16,19,23-24,28,31,33-41,43-44,47-51,53-54,56-60,62-63,65-71H2,1-3H3/b12-9-,20-17-,21-18-,25-22-,29-26-,32-30-,45-42-,46-27-,55-52-,64-61-. The van der Waals surface area contributed by atoms with Crippen molar-refractivity contribution in [2.75, 3.05) is 13.2 Å². The second-order valence-electron chi connectivity index (χ2n) is 22.4. The topological polar surface area (TPSA) is 78.9 Å². The van der Waals surface area contributed by atoms with Crippen molar-refractivity contribution in [3.8, 4) is 0 Å². The van der Waals surface area contributed by atoms with E-state index in [1.54, 1.807) is 6.08 Å². The van der Waals surface area contributed by atoms with E-state index in [0.717, 1.165) is 103 Å². The fraction of sp³-hybridized carbons (Fsp3) is 0.693. The first-order chi connectivity index (χ1) is 40.0. The number of allylic oxidation sites excluding steroid dienone is 19. The van der Waals surface area contributed by atoms with Gasteiger partial charge >= 0.3 is 17.9 Å². The summed E-state index contributed by atoms with van der Waals surface area (Å²) in [6, 6.07) is 0. The first kappa shape index (κ1) is 76.8. The largest absolute Gasteiger partial charge is 0.462 e. The van der Waals surface area contributed by atoms with Crippen LogP contribution >= 0.6 is 0 Å². The lowest BCUT2D eigenvalue weighted by Gasteiger charge is -2.18. The van der Waals surface area contributed by atoms with Crippen LogP contribution in [0.2, 0.25) is 0 Å². The molecule has 0 rings (SSSR count). The molecule has 0 aliphatic heterocycles. The molecule has 0 fully saturated rings. The highest BCUT2D eigenvalue weighted by atomic mass is 16.6. The Morgan fingerprint density at radius 1 is 0.272 bits per heavy atom. The number of ether oxygens (including phenoxy) is 3. The van der Waals surface area contributed by atoms with Crippen LogP contribution in [0.1, 0.15) is 316 Å². The maximum absolute atomic E-state index is 12.9. The Kier molecular flexibility index (Phi) is 64.8. The van der Waals surface area contributed by atoms with Crippen LogP contribution in [0.15, 0.2) is 122 Å². The molecule has 0 aliphatic rings. The van der Waals surface area contributed by atoms with E-state index in [1.165, 1.54) is 173 Å². The Morgan fingerprint density at radius 2 is 0.531 bits per heavy atom. The van der Waals surface area contributed by atoms with Crippen LogP contribution in [-0.4, -0.2) is 37.2 Å². The summed E-state index contributed by atoms with van der Waals surface area (Å²) in [4.78, 5) is 38.3. The van der Waals surface area contributed by atoms with E-state index >= 15 is 0 Å². The van der Waals surface area contributed by atoms with Crippen LogP contribution in [0.25, 0.3) is 0 Å². The van der Waals surface area contributed by atoms with E-state index < -0.39 is 12.1 Å². The smallest absolute Gasteiger partial charge is 0.309 e. The van der Waals surface area contributed by atoms with E-state index in [2.05, 4.69) is 130 Å². The number of hydrogen-bond acceptors (Lipinski definition) is 6. The summed E-state index contributed by atoms with van der Waals surface area (Å²) in [5.41, 5.74) is 0. The Hall–Kier alpha value is -4.19. The molecule has 0 N–H and O–H groups in total. The van der Waals surface area contributed by atoms with Gasteiger partial charge in [-0.05, 0) is 116 Å². The number of carbonyl (C=O) groups excluding carboxylic acids is 3. The van der Waals surface area contributed by atoms with Gasteiger partial charge in [-0.3, -0.25) is 14.4 Å². The minimum absolute atomic E-state index is 0.114. The minimum atomic E-state index is -0.829. The van der Waals surface area contributed by atoms with Crippen molar-refractivity contribution in [3.63, 3.8) is 0 Å². The van der Waals surface area contributed by atoms with Crippen LogP contribution in [0.3, 0.4) is 0 Å². The molecule has 6 heteroatoms. The minimum Gasteiger partial charge on any atom is -0.462 e. The summed E-state index contributed by atoms with van der Waals surface area (Å²) in [6.45, 7) is 6.41. The molecule has 1 unspecified atom stereocenters. The Balaban J connectivity index is 4.35. The zero-order valence-electron chi connectivity index (χ0n) is 53.0. The van der Waals surface area contributed by atoms with Gasteiger partial charge in [0.15, 0.2) is 6.10 Å². The third kappa shape index (κ3) is 66.5. The van der Waals surface area contributed by atoms with Crippen molar-refractivity contribution in [3.05, 3.63) is 122 Å². The van der Waals surface area contributed by atoms with Gasteiger partial charge in [0.1, 0.15) is 13.2 Å². The monoisotopic (exact) mass is 1120 g/mol. The molecule has 0 aromatic heterocycles. The molecule has 0 spiro atoms. The van der Waals surface area contributed by atoms with Crippen LogP contribution in [0, 0.1) is 0 Å². The van der Waals surface area contributed by atoms with Gasteiger partial charge in [0, 0.05) is 12.8 Å². The average Bonchev–Trinajstić information content (AvgIpc) is 3.47. The van der Waals surface area contributed by atoms with Gasteiger partial charge in [-0.1, -0.05) is 303 Å². The second kappa shape index (κ2) is 68.3. The summed E-state index contributed by atoms with van der Waals surface area (Å²) in [5, 5.41) is 0. The summed E-state index contributed by atoms with van der Waals surface area (Å²) >= 11 is 0. The van der Waals surface area contributed by atoms with Gasteiger partial charge in [0.2, 0.25) is 0 Å². The number of esters is 3. The molecule has 0 amide bonds. The molecule has 0 aromatic carbocycles. The molecule has 6 nitrogen and oxygen atoms in total. The molecular weight excluding hydrogens is 997 g/mol. The van der Waals surface area contributed by atoms with Crippen molar-refractivity contribution in [2.45, 2.75) is 322 Å². The summed E-state index contributed by atoms with van der Waals surface area (Å²) in [6.07, 6.45) is 95.3. The maximum Gasteiger partial charge on any atom is 0.309 e. The van der Waals surface area contributed by atoms with Crippen molar-refractivity contribution in [1.82, 2.24) is 0 Å². The van der Waals surface area contributed by atoms with Crippen molar-refractivity contribution in [1.29, 1.82) is 0 Å². The Bertz CT molecular complexity index is 1670. The number of rotatable bonds is 61. The molecule has 0 heterocycles. The lowest BCUT2D eigenvalue weighted by atomic mass is 10.0. The van der Waals surface area contributed by atoms with Gasteiger partial charge in [0.05, 0.1) is 6.42 Å². The maximum atomic E-state index is 12.9. The fourth-order valence-electron chi connectivity index (χ4n) is 9.38. The predicted molar refractivity (Wildman–Crippen MR) is 353 cm³/mol. The lowest BCUT2D eigenvalue weighted by molar-refractivity contribution is -0.166. The molecule has 0 radical (unpaired) electrons. The third-order valence-corrected chi connectivity index (χ3v) is 14.5. The van der Waals surface area contributed by atoms with Gasteiger partial charge in [-0.2, -0.15) is 0 Å². The van der Waals surface area contributed by atoms with Gasteiger partial charge in [0.25, 0.3) is 0 Å². The van der Waals surface area contributed by atoms with Crippen molar-refractivity contribution < 1.29 is 28.6 Å². The highest BCUT2D eigenvalue weighted by Gasteiger charge is 2.19. The summed E-state index contributed by atoms with van der Waals surface area (Å²) < 4.78 is 16.8. The molecule has 0 saturated carbocycles. The second-order valence-corrected chi connectivity index (χ2v) is 22.4. The first-order valence-electron chi connectivity index (χ1n) is 34.0. The first-order valence-corrected chi connectivity index (χ1v) is 34.0. The van der Waals surface area contributed by atoms with Crippen LogP contribution < -0.4 is 0 Å². The number of carbonyl (C=O) groups is 3. The summed E-state index contributed by atoms with van der Waals surface area (Å²) in [7, 11) is 0. The molecular formula is C75H126O6. The van der Waals surface area contributed by atoms with E-state index in [0.29, 0.717) is 12.8 Å². The van der Waals surface area contributed by atoms with Gasteiger partial charge in [-0.15, -0.1) is 0 Å². The molecule has 0 aromatic rings. The molecule has 1 atom stereocenters. The predicted octanol–water partition coefficient (Wildman–Crippen LogP) is 23.6. The van der Waals surface area contributed by atoms with E-state index in [4.69, 9.17) is 14.2 Å². The van der Waals surface area contributed by atoms with Crippen LogP contribution in [-0.2, 0) is 28.6 Å². The quantitative estimate of drug-likeness (QED) is 0.0261. The third-order valence-electron chi connectivity index (χ3n) is 14.5. The van der Waals surface area contributed by atoms with Crippen molar-refractivity contribution in [2.24, 2.45) is 0 Å². The zero-order chi connectivity index (χ0) is 58.5. The molecule has 81 heavy (non-hydrogen) atoms. The molecule has 462 valence electrons. The van der Waals surface area contributed by atoms with E-state index in [1.807, 2.05) is 6.08 Å². The van der Waals surface area contributed by atoms with E-state index in [9.17, 15) is 14.4 Å². The molecule has 0 bridgehead atoms. The highest BCUT2D eigenvalue weighted by Crippen LogP contribution is 2.16. The summed E-state index contributed by atoms with van der Waals surface area (Å²) in [5.74, 6) is -1.05. The SMILES string of the molecule is CC/C=C\C/C=C\C/C=C\C/C=C\C/C=C\CC(=O)OCC(COC(=O)CCCCCCCCCCCCCCCCCCC/C=C\C/C=C\CCCCCCC)OC(=O)CCCCCCCC/C=C\C/C=C\C/C=C\CCCCC. The average molecular weight is 1120 g/mol. The molecule has 0 aliphatic carbocycles. The zero-order valence-corrected chi connectivity index (χ0v) is 53.0. The highest BCUT2D eigenvalue weighted by molar-refractivity contribution is 5.72. The normalized spacial score (nSPS) is 12.9. The Labute approximate surface area is 501 Å². The van der Waals surface area contributed by atoms with Gasteiger partial charge in [-0.25, -0.2) is 0 Å². The number of hydrogen-bond donors (Lipinski definition) is 0. The lowest BCUT2D eigenvalue weighted by Crippen LogP contribution is -2.30. The van der Waals surface area contributed by atoms with Crippen LogP contribution in [0.5, 0.6) is 0 Å². The fourth-order valence-corrected chi connectivity index (χ4v) is 9.38. The number of unbranched alkanes of at least 4 members (excludes halogenated alkanes) is 31. The van der Waals surface area contributed by atoms with Crippen molar-refractivity contribution >= 4 is 17.9 Å². The van der Waals surface area contributed by atoms with Crippen LogP contribution in [0.4, 0.5) is 0 Å². The van der Waals surface area contributed by atoms with E-state index in [-0.39, 0.29) is 31.6 Å². The Morgan fingerprint density at radius 3 is 0.889 bits per heavy atom. The molecule has 0 saturated heterocycles. The van der Waals surface area contributed by atoms with Gasteiger partial charge < -0.3 is 14.2 Å².